The van der Waals surface area contributed by atoms with Crippen LogP contribution >= 0.6 is 15.9 Å². The Hall–Kier alpha value is -1.55. The molecule has 17 heavy (non-hydrogen) atoms. The van der Waals surface area contributed by atoms with Crippen LogP contribution in [0.3, 0.4) is 0 Å². The maximum atomic E-state index is 5.99. The van der Waals surface area contributed by atoms with Crippen molar-refractivity contribution < 1.29 is 0 Å². The Balaban J connectivity index is 1.97. The number of halogens is 1. The van der Waals surface area contributed by atoms with E-state index in [1.807, 2.05) is 30.5 Å². The summed E-state index contributed by atoms with van der Waals surface area (Å²) in [5, 5.41) is 0. The van der Waals surface area contributed by atoms with Gasteiger partial charge in [0, 0.05) is 25.0 Å². The Labute approximate surface area is 108 Å². The smallest absolute Gasteiger partial charge is 0.143 e. The second kappa shape index (κ2) is 4.04. The zero-order valence-corrected chi connectivity index (χ0v) is 10.8. The van der Waals surface area contributed by atoms with Gasteiger partial charge in [0.2, 0.25) is 0 Å². The number of anilines is 2. The largest absolute Gasteiger partial charge is 0.398 e. The number of hydrogen-bond donors (Lipinski definition) is 1. The lowest BCUT2D eigenvalue weighted by Crippen LogP contribution is -2.16. The number of fused-ring (bicyclic) bond motifs is 1. The minimum absolute atomic E-state index is 0.831. The lowest BCUT2D eigenvalue weighted by molar-refractivity contribution is 0.853. The lowest BCUT2D eigenvalue weighted by Gasteiger charge is -2.17. The van der Waals surface area contributed by atoms with Gasteiger partial charge in [-0.2, -0.15) is 0 Å². The first-order valence-electron chi connectivity index (χ1n) is 5.47. The predicted octanol–water partition coefficient (Wildman–Crippen LogP) is 2.95. The molecule has 3 rings (SSSR count). The maximum Gasteiger partial charge on any atom is 0.143 e. The van der Waals surface area contributed by atoms with Crippen LogP contribution in [0.2, 0.25) is 0 Å². The molecule has 1 aromatic heterocycles. The highest BCUT2D eigenvalue weighted by atomic mass is 79.9. The molecular formula is C13H12BrN3. The van der Waals surface area contributed by atoms with E-state index in [0.717, 1.165) is 29.1 Å². The van der Waals surface area contributed by atoms with E-state index in [2.05, 4.69) is 31.9 Å². The highest BCUT2D eigenvalue weighted by molar-refractivity contribution is 9.10. The molecule has 0 unspecified atom stereocenters. The average Bonchev–Trinajstić information content (AvgIpc) is 2.75. The molecule has 0 atom stereocenters. The number of nitrogen functional groups attached to an aromatic ring is 1. The van der Waals surface area contributed by atoms with Crippen LogP contribution in [0.15, 0.2) is 41.0 Å². The van der Waals surface area contributed by atoms with Gasteiger partial charge in [-0.05, 0) is 45.3 Å². The molecular weight excluding hydrogens is 278 g/mol. The molecule has 0 saturated carbocycles. The molecule has 0 saturated heterocycles. The van der Waals surface area contributed by atoms with Crippen LogP contribution in [0.1, 0.15) is 11.1 Å². The minimum atomic E-state index is 0.831. The van der Waals surface area contributed by atoms with Crippen molar-refractivity contribution in [2.75, 3.05) is 10.6 Å². The van der Waals surface area contributed by atoms with Crippen LogP contribution in [-0.4, -0.2) is 4.98 Å². The first-order valence-corrected chi connectivity index (χ1v) is 6.26. The normalized spacial score (nSPS) is 13.8. The van der Waals surface area contributed by atoms with E-state index in [4.69, 9.17) is 5.73 Å². The van der Waals surface area contributed by atoms with Gasteiger partial charge in [-0.1, -0.05) is 12.1 Å². The zero-order chi connectivity index (χ0) is 11.8. The molecule has 86 valence electrons. The molecule has 0 spiro atoms. The van der Waals surface area contributed by atoms with Crippen molar-refractivity contribution in [2.24, 2.45) is 0 Å². The van der Waals surface area contributed by atoms with Crippen LogP contribution in [0.5, 0.6) is 0 Å². The predicted molar refractivity (Wildman–Crippen MR) is 72.7 cm³/mol. The molecule has 0 bridgehead atoms. The van der Waals surface area contributed by atoms with E-state index in [9.17, 15) is 0 Å². The summed E-state index contributed by atoms with van der Waals surface area (Å²) in [7, 11) is 0. The molecule has 1 aliphatic heterocycles. The maximum absolute atomic E-state index is 5.99. The summed E-state index contributed by atoms with van der Waals surface area (Å²) in [6.45, 7) is 1.70. The van der Waals surface area contributed by atoms with Crippen LogP contribution in [0.25, 0.3) is 0 Å². The summed E-state index contributed by atoms with van der Waals surface area (Å²) in [5.74, 6) is 0.975. The zero-order valence-electron chi connectivity index (χ0n) is 9.23. The average molecular weight is 290 g/mol. The molecule has 4 heteroatoms. The van der Waals surface area contributed by atoms with Gasteiger partial charge in [0.15, 0.2) is 0 Å². The number of rotatable bonds is 1. The molecule has 0 fully saturated rings. The first kappa shape index (κ1) is 10.6. The van der Waals surface area contributed by atoms with Crippen LogP contribution in [-0.2, 0) is 13.1 Å². The van der Waals surface area contributed by atoms with Crippen molar-refractivity contribution in [2.45, 2.75) is 13.1 Å². The molecule has 2 N–H and O–H groups in total. The van der Waals surface area contributed by atoms with Gasteiger partial charge in [0.05, 0.1) is 4.47 Å². The molecule has 3 nitrogen and oxygen atoms in total. The van der Waals surface area contributed by atoms with E-state index >= 15 is 0 Å². The summed E-state index contributed by atoms with van der Waals surface area (Å²) in [4.78, 5) is 6.64. The summed E-state index contributed by atoms with van der Waals surface area (Å²) < 4.78 is 1.02. The van der Waals surface area contributed by atoms with Crippen molar-refractivity contribution in [3.8, 4) is 0 Å². The quantitative estimate of drug-likeness (QED) is 0.821. The lowest BCUT2D eigenvalue weighted by atomic mass is 10.1. The standard InChI is InChI=1S/C13H12BrN3/c14-11-4-2-6-16-13(11)17-7-9-3-1-5-12(15)10(9)8-17/h1-6H,7-8,15H2. The summed E-state index contributed by atoms with van der Waals surface area (Å²) in [6, 6.07) is 10.0. The van der Waals surface area contributed by atoms with Gasteiger partial charge in [0.1, 0.15) is 5.82 Å². The molecule has 0 aliphatic carbocycles. The number of hydrogen-bond acceptors (Lipinski definition) is 3. The number of pyridine rings is 1. The van der Waals surface area contributed by atoms with Crippen LogP contribution in [0.4, 0.5) is 11.5 Å². The van der Waals surface area contributed by atoms with Crippen molar-refractivity contribution in [3.63, 3.8) is 0 Å². The SMILES string of the molecule is Nc1cccc2c1CN(c1ncccc1Br)C2. The topological polar surface area (TPSA) is 42.1 Å². The molecule has 1 aliphatic rings. The Morgan fingerprint density at radius 2 is 2.06 bits per heavy atom. The second-order valence-electron chi connectivity index (χ2n) is 4.15. The summed E-state index contributed by atoms with van der Waals surface area (Å²) >= 11 is 3.53. The number of nitrogens with zero attached hydrogens (tertiary/aromatic N) is 2. The monoisotopic (exact) mass is 289 g/mol. The third-order valence-electron chi connectivity index (χ3n) is 3.06. The minimum Gasteiger partial charge on any atom is -0.398 e. The fourth-order valence-electron chi connectivity index (χ4n) is 2.21. The Morgan fingerprint density at radius 1 is 1.18 bits per heavy atom. The third kappa shape index (κ3) is 1.78. The molecule has 0 amide bonds. The second-order valence-corrected chi connectivity index (χ2v) is 5.00. The number of aromatic nitrogens is 1. The van der Waals surface area contributed by atoms with Gasteiger partial charge < -0.3 is 10.6 Å². The van der Waals surface area contributed by atoms with Gasteiger partial charge in [-0.25, -0.2) is 4.98 Å². The highest BCUT2D eigenvalue weighted by Crippen LogP contribution is 2.33. The molecule has 2 aromatic rings. The van der Waals surface area contributed by atoms with E-state index in [0.29, 0.717) is 0 Å². The number of nitrogens with two attached hydrogens (primary N) is 1. The van der Waals surface area contributed by atoms with Gasteiger partial charge in [-0.3, -0.25) is 0 Å². The molecule has 2 heterocycles. The fraction of sp³-hybridized carbons (Fsp3) is 0.154. The van der Waals surface area contributed by atoms with Crippen LogP contribution < -0.4 is 10.6 Å². The van der Waals surface area contributed by atoms with Crippen molar-refractivity contribution in [1.29, 1.82) is 0 Å². The van der Waals surface area contributed by atoms with E-state index in [1.165, 1.54) is 11.1 Å². The van der Waals surface area contributed by atoms with Crippen molar-refractivity contribution in [3.05, 3.63) is 52.1 Å². The highest BCUT2D eigenvalue weighted by Gasteiger charge is 2.22. The van der Waals surface area contributed by atoms with Gasteiger partial charge in [0.25, 0.3) is 0 Å². The Bertz CT molecular complexity index is 568. The third-order valence-corrected chi connectivity index (χ3v) is 3.68. The van der Waals surface area contributed by atoms with E-state index < -0.39 is 0 Å². The van der Waals surface area contributed by atoms with Gasteiger partial charge in [-0.15, -0.1) is 0 Å². The summed E-state index contributed by atoms with van der Waals surface area (Å²) in [6.07, 6.45) is 1.81. The summed E-state index contributed by atoms with van der Waals surface area (Å²) in [5.41, 5.74) is 9.38. The molecule has 1 aromatic carbocycles. The first-order chi connectivity index (χ1) is 8.25. The fourth-order valence-corrected chi connectivity index (χ4v) is 2.71. The Kier molecular flexibility index (Phi) is 2.52. The number of benzene rings is 1. The van der Waals surface area contributed by atoms with Crippen molar-refractivity contribution >= 4 is 27.4 Å². The van der Waals surface area contributed by atoms with Crippen molar-refractivity contribution in [1.82, 2.24) is 4.98 Å². The van der Waals surface area contributed by atoms with Crippen LogP contribution in [0, 0.1) is 0 Å². The Morgan fingerprint density at radius 3 is 2.82 bits per heavy atom. The van der Waals surface area contributed by atoms with E-state index in [1.54, 1.807) is 0 Å². The van der Waals surface area contributed by atoms with E-state index in [-0.39, 0.29) is 0 Å². The van der Waals surface area contributed by atoms with Gasteiger partial charge >= 0.3 is 0 Å². The molecule has 0 radical (unpaired) electrons.